The summed E-state index contributed by atoms with van der Waals surface area (Å²) >= 11 is 6.27. The van der Waals surface area contributed by atoms with Gasteiger partial charge in [0.25, 0.3) is 0 Å². The highest BCUT2D eigenvalue weighted by Crippen LogP contribution is 2.30. The van der Waals surface area contributed by atoms with Crippen LogP contribution in [0.2, 0.25) is 5.02 Å². The molecule has 0 unspecified atom stereocenters. The zero-order valence-electron chi connectivity index (χ0n) is 15.8. The molecule has 0 spiro atoms. The lowest BCUT2D eigenvalue weighted by atomic mass is 10.0. The summed E-state index contributed by atoms with van der Waals surface area (Å²) in [6.45, 7) is 3.21. The third kappa shape index (κ3) is 4.13. The van der Waals surface area contributed by atoms with Gasteiger partial charge in [-0.25, -0.2) is 0 Å². The minimum absolute atomic E-state index is 0.544. The largest absolute Gasteiger partial charge is 0.489 e. The molecule has 0 aliphatic carbocycles. The minimum Gasteiger partial charge on any atom is -0.489 e. The average Bonchev–Trinajstić information content (AvgIpc) is 2.74. The van der Waals surface area contributed by atoms with E-state index in [-0.39, 0.29) is 0 Å². The van der Waals surface area contributed by atoms with E-state index < -0.39 is 0 Å². The molecule has 0 radical (unpaired) electrons. The van der Waals surface area contributed by atoms with E-state index in [0.29, 0.717) is 13.2 Å². The second kappa shape index (κ2) is 8.37. The van der Waals surface area contributed by atoms with Crippen LogP contribution in [0.4, 0.5) is 5.69 Å². The Balaban J connectivity index is 1.62. The number of fused-ring (bicyclic) bond motifs is 1. The number of hydrogen-bond acceptors (Lipinski definition) is 2. The van der Waals surface area contributed by atoms with Crippen LogP contribution in [-0.4, -0.2) is 0 Å². The SMILES string of the molecule is Cc1ccc(NCc2c(OCc3ccccc3)ccc3ccccc23)cc1Cl. The predicted molar refractivity (Wildman–Crippen MR) is 118 cm³/mol. The minimum atomic E-state index is 0.544. The number of anilines is 1. The molecule has 0 heterocycles. The molecule has 0 amide bonds. The van der Waals surface area contributed by atoms with Gasteiger partial charge in [0.05, 0.1) is 0 Å². The van der Waals surface area contributed by atoms with Crippen molar-refractivity contribution in [2.45, 2.75) is 20.1 Å². The Bertz CT molecular complexity index is 1090. The van der Waals surface area contributed by atoms with Crippen LogP contribution in [0, 0.1) is 6.92 Å². The summed E-state index contributed by atoms with van der Waals surface area (Å²) in [5.41, 5.74) is 4.37. The number of hydrogen-bond donors (Lipinski definition) is 1. The van der Waals surface area contributed by atoms with Gasteiger partial charge in [0.15, 0.2) is 0 Å². The fourth-order valence-corrected chi connectivity index (χ4v) is 3.44. The van der Waals surface area contributed by atoms with Crippen molar-refractivity contribution in [2.75, 3.05) is 5.32 Å². The Kier molecular flexibility index (Phi) is 5.50. The lowest BCUT2D eigenvalue weighted by molar-refractivity contribution is 0.304. The van der Waals surface area contributed by atoms with Crippen LogP contribution in [-0.2, 0) is 13.2 Å². The second-order valence-electron chi connectivity index (χ2n) is 6.86. The fourth-order valence-electron chi connectivity index (χ4n) is 3.26. The quantitative estimate of drug-likeness (QED) is 0.384. The first kappa shape index (κ1) is 18.4. The summed E-state index contributed by atoms with van der Waals surface area (Å²) in [6.07, 6.45) is 0. The van der Waals surface area contributed by atoms with Crippen LogP contribution in [0.3, 0.4) is 0 Å². The zero-order valence-corrected chi connectivity index (χ0v) is 16.5. The number of aryl methyl sites for hydroxylation is 1. The summed E-state index contributed by atoms with van der Waals surface area (Å²) in [4.78, 5) is 0. The van der Waals surface area contributed by atoms with Crippen LogP contribution >= 0.6 is 11.6 Å². The van der Waals surface area contributed by atoms with Gasteiger partial charge >= 0.3 is 0 Å². The first-order valence-corrected chi connectivity index (χ1v) is 9.76. The molecule has 0 aliphatic rings. The fraction of sp³-hybridized carbons (Fsp3) is 0.120. The highest BCUT2D eigenvalue weighted by atomic mass is 35.5. The Labute approximate surface area is 170 Å². The van der Waals surface area contributed by atoms with E-state index in [9.17, 15) is 0 Å². The Morgan fingerprint density at radius 2 is 1.64 bits per heavy atom. The molecule has 4 aromatic rings. The Morgan fingerprint density at radius 1 is 0.857 bits per heavy atom. The van der Waals surface area contributed by atoms with Gasteiger partial charge in [-0.05, 0) is 47.0 Å². The smallest absolute Gasteiger partial charge is 0.125 e. The first-order valence-electron chi connectivity index (χ1n) is 9.38. The average molecular weight is 388 g/mol. The molecule has 4 aromatic carbocycles. The lowest BCUT2D eigenvalue weighted by Crippen LogP contribution is -2.05. The highest BCUT2D eigenvalue weighted by Gasteiger charge is 2.10. The van der Waals surface area contributed by atoms with Gasteiger partial charge in [-0.2, -0.15) is 0 Å². The molecule has 3 heteroatoms. The van der Waals surface area contributed by atoms with Crippen LogP contribution in [0.15, 0.2) is 84.9 Å². The molecular weight excluding hydrogens is 366 g/mol. The third-order valence-electron chi connectivity index (χ3n) is 4.88. The van der Waals surface area contributed by atoms with Gasteiger partial charge in [-0.1, -0.05) is 78.3 Å². The van der Waals surface area contributed by atoms with Crippen LogP contribution in [0.1, 0.15) is 16.7 Å². The molecule has 0 fully saturated rings. The van der Waals surface area contributed by atoms with E-state index in [1.165, 1.54) is 10.8 Å². The van der Waals surface area contributed by atoms with E-state index in [1.54, 1.807) is 0 Å². The van der Waals surface area contributed by atoms with E-state index in [0.717, 1.165) is 33.1 Å². The molecule has 1 N–H and O–H groups in total. The highest BCUT2D eigenvalue weighted by molar-refractivity contribution is 6.31. The van der Waals surface area contributed by atoms with Crippen molar-refractivity contribution in [1.82, 2.24) is 0 Å². The Morgan fingerprint density at radius 3 is 2.46 bits per heavy atom. The predicted octanol–water partition coefficient (Wildman–Crippen LogP) is 6.99. The second-order valence-corrected chi connectivity index (χ2v) is 7.26. The van der Waals surface area contributed by atoms with Crippen molar-refractivity contribution in [3.63, 3.8) is 0 Å². The number of nitrogens with one attached hydrogen (secondary N) is 1. The van der Waals surface area contributed by atoms with Crippen LogP contribution in [0.5, 0.6) is 5.75 Å². The molecule has 4 rings (SSSR count). The number of rotatable bonds is 6. The molecule has 28 heavy (non-hydrogen) atoms. The van der Waals surface area contributed by atoms with E-state index in [1.807, 2.05) is 37.3 Å². The lowest BCUT2D eigenvalue weighted by Gasteiger charge is -2.16. The summed E-state index contributed by atoms with van der Waals surface area (Å²) < 4.78 is 6.20. The van der Waals surface area contributed by atoms with Crippen molar-refractivity contribution >= 4 is 28.1 Å². The maximum Gasteiger partial charge on any atom is 0.125 e. The van der Waals surface area contributed by atoms with Crippen LogP contribution < -0.4 is 10.1 Å². The summed E-state index contributed by atoms with van der Waals surface area (Å²) in [6, 6.07) is 28.8. The molecule has 0 bridgehead atoms. The van der Waals surface area contributed by atoms with Crippen LogP contribution in [0.25, 0.3) is 10.8 Å². The van der Waals surface area contributed by atoms with Gasteiger partial charge in [0.2, 0.25) is 0 Å². The molecule has 0 aromatic heterocycles. The van der Waals surface area contributed by atoms with Crippen molar-refractivity contribution < 1.29 is 4.74 Å². The molecule has 140 valence electrons. The van der Waals surface area contributed by atoms with E-state index in [2.05, 4.69) is 59.9 Å². The van der Waals surface area contributed by atoms with Gasteiger partial charge in [0, 0.05) is 22.8 Å². The molecule has 0 saturated heterocycles. The standard InChI is InChI=1S/C25H22ClNO/c1-18-11-13-21(15-24(18)26)27-16-23-22-10-6-5-9-20(22)12-14-25(23)28-17-19-7-3-2-4-8-19/h2-15,27H,16-17H2,1H3. The van der Waals surface area contributed by atoms with Crippen molar-refractivity contribution in [2.24, 2.45) is 0 Å². The topological polar surface area (TPSA) is 21.3 Å². The zero-order chi connectivity index (χ0) is 19.3. The van der Waals surface area contributed by atoms with Crippen molar-refractivity contribution in [3.05, 3.63) is 107 Å². The number of benzene rings is 4. The van der Waals surface area contributed by atoms with Gasteiger partial charge in [-0.15, -0.1) is 0 Å². The summed E-state index contributed by atoms with van der Waals surface area (Å²) in [5.74, 6) is 0.897. The normalized spacial score (nSPS) is 10.8. The number of ether oxygens (including phenoxy) is 1. The Hall–Kier alpha value is -2.97. The monoisotopic (exact) mass is 387 g/mol. The summed E-state index contributed by atoms with van der Waals surface area (Å²) in [5, 5.41) is 6.66. The molecule has 0 saturated carbocycles. The van der Waals surface area contributed by atoms with Gasteiger partial charge in [0.1, 0.15) is 12.4 Å². The van der Waals surface area contributed by atoms with Gasteiger partial charge < -0.3 is 10.1 Å². The maximum atomic E-state index is 6.27. The summed E-state index contributed by atoms with van der Waals surface area (Å²) in [7, 11) is 0. The van der Waals surface area contributed by atoms with Crippen molar-refractivity contribution in [3.8, 4) is 5.75 Å². The van der Waals surface area contributed by atoms with E-state index in [4.69, 9.17) is 16.3 Å². The van der Waals surface area contributed by atoms with Gasteiger partial charge in [-0.3, -0.25) is 0 Å². The first-order chi connectivity index (χ1) is 13.7. The molecule has 2 nitrogen and oxygen atoms in total. The molecular formula is C25H22ClNO. The maximum absolute atomic E-state index is 6.27. The number of halogens is 1. The van der Waals surface area contributed by atoms with Crippen molar-refractivity contribution in [1.29, 1.82) is 0 Å². The molecule has 0 aliphatic heterocycles. The van der Waals surface area contributed by atoms with E-state index >= 15 is 0 Å². The molecule has 0 atom stereocenters. The third-order valence-corrected chi connectivity index (χ3v) is 5.28.